The van der Waals surface area contributed by atoms with Gasteiger partial charge in [0.15, 0.2) is 5.82 Å². The smallest absolute Gasteiger partial charge is 0.345 e. The van der Waals surface area contributed by atoms with E-state index >= 15 is 0 Å². The summed E-state index contributed by atoms with van der Waals surface area (Å²) in [6.07, 6.45) is 1.67. The molecular weight excluding hydrogens is 385 g/mol. The summed E-state index contributed by atoms with van der Waals surface area (Å²) in [5, 5.41) is 2.87. The number of pyridine rings is 1. The van der Waals surface area contributed by atoms with Crippen molar-refractivity contribution >= 4 is 22.8 Å². The van der Waals surface area contributed by atoms with E-state index in [1.807, 2.05) is 17.4 Å². The number of halogens is 3. The van der Waals surface area contributed by atoms with E-state index in [0.29, 0.717) is 36.7 Å². The van der Waals surface area contributed by atoms with E-state index in [1.165, 1.54) is 0 Å². The van der Waals surface area contributed by atoms with Crippen molar-refractivity contribution in [3.05, 3.63) is 36.8 Å². The maximum Gasteiger partial charge on any atom is 0.405 e. The minimum absolute atomic E-state index is 0. The molecule has 10 heteroatoms. The summed E-state index contributed by atoms with van der Waals surface area (Å²) in [5.74, 6) is 0.283. The van der Waals surface area contributed by atoms with E-state index in [-0.39, 0.29) is 1.43 Å². The van der Waals surface area contributed by atoms with Crippen molar-refractivity contribution in [2.45, 2.75) is 31.5 Å². The van der Waals surface area contributed by atoms with E-state index in [2.05, 4.69) is 19.9 Å². The Labute approximate surface area is 165 Å². The lowest BCUT2D eigenvalue weighted by Gasteiger charge is -2.35. The molecule has 0 aromatic carbocycles. The van der Waals surface area contributed by atoms with Crippen LogP contribution in [0.5, 0.6) is 0 Å². The zero-order valence-electron chi connectivity index (χ0n) is 15.6. The quantitative estimate of drug-likeness (QED) is 0.694. The molecule has 7 nitrogen and oxygen atoms in total. The number of carbonyl (C=O) groups is 1. The molecule has 1 aliphatic heterocycles. The molecule has 29 heavy (non-hydrogen) atoms. The van der Waals surface area contributed by atoms with Crippen LogP contribution < -0.4 is 10.2 Å². The van der Waals surface area contributed by atoms with Crippen LogP contribution in [-0.2, 0) is 4.79 Å². The molecule has 0 aliphatic carbocycles. The van der Waals surface area contributed by atoms with E-state index in [4.69, 9.17) is 0 Å². The van der Waals surface area contributed by atoms with Gasteiger partial charge in [-0.3, -0.25) is 4.79 Å². The molecule has 1 unspecified atom stereocenters. The average Bonchev–Trinajstić information content (AvgIpc) is 3.30. The minimum Gasteiger partial charge on any atom is -0.345 e. The van der Waals surface area contributed by atoms with Crippen LogP contribution in [0.2, 0.25) is 0 Å². The van der Waals surface area contributed by atoms with E-state index in [0.717, 1.165) is 10.9 Å². The fourth-order valence-electron chi connectivity index (χ4n) is 3.71. The maximum absolute atomic E-state index is 12.6. The van der Waals surface area contributed by atoms with Crippen molar-refractivity contribution in [2.24, 2.45) is 0 Å². The Balaban J connectivity index is 0.00000256. The number of nitrogens with one attached hydrogen (secondary N) is 2. The van der Waals surface area contributed by atoms with Gasteiger partial charge in [-0.1, -0.05) is 0 Å². The zero-order valence-corrected chi connectivity index (χ0v) is 15.6. The van der Waals surface area contributed by atoms with Gasteiger partial charge in [-0.05, 0) is 38.0 Å². The second-order valence-corrected chi connectivity index (χ2v) is 7.17. The maximum atomic E-state index is 12.6. The molecule has 4 heterocycles. The fraction of sp³-hybridized carbons (Fsp3) is 0.368. The van der Waals surface area contributed by atoms with Gasteiger partial charge < -0.3 is 15.2 Å². The summed E-state index contributed by atoms with van der Waals surface area (Å²) >= 11 is 0. The van der Waals surface area contributed by atoms with Gasteiger partial charge in [-0.15, -0.1) is 0 Å². The molecule has 2 N–H and O–H groups in total. The lowest BCUT2D eigenvalue weighted by atomic mass is 9.97. The fourth-order valence-corrected chi connectivity index (χ4v) is 3.71. The number of H-pyrrole nitrogens is 1. The normalized spacial score (nSPS) is 19.7. The Kier molecular flexibility index (Phi) is 4.64. The van der Waals surface area contributed by atoms with E-state index < -0.39 is 24.2 Å². The van der Waals surface area contributed by atoms with Crippen molar-refractivity contribution in [3.63, 3.8) is 0 Å². The molecule has 0 spiro atoms. The second kappa shape index (κ2) is 7.02. The molecule has 154 valence electrons. The SMILES string of the molecule is CC1(C(=O)NCC(F)(F)F)CCCN1c1ccnc(-c2c[nH]c3ncccc23)n1.[HH]. The number of alkyl halides is 3. The Morgan fingerprint density at radius 3 is 2.97 bits per heavy atom. The van der Waals surface area contributed by atoms with E-state index in [1.54, 1.807) is 36.5 Å². The van der Waals surface area contributed by atoms with Crippen LogP contribution in [0.4, 0.5) is 19.0 Å². The van der Waals surface area contributed by atoms with Crippen molar-refractivity contribution in [1.82, 2.24) is 25.3 Å². The molecule has 1 saturated heterocycles. The van der Waals surface area contributed by atoms with Crippen LogP contribution in [-0.4, -0.2) is 50.6 Å². The van der Waals surface area contributed by atoms with Crippen LogP contribution in [0.25, 0.3) is 22.4 Å². The van der Waals surface area contributed by atoms with E-state index in [9.17, 15) is 18.0 Å². The van der Waals surface area contributed by atoms with Gasteiger partial charge in [0.25, 0.3) is 0 Å². The number of carbonyl (C=O) groups excluding carboxylic acids is 1. The lowest BCUT2D eigenvalue weighted by Crippen LogP contribution is -2.55. The van der Waals surface area contributed by atoms with Gasteiger partial charge in [-0.25, -0.2) is 15.0 Å². The first-order chi connectivity index (χ1) is 13.8. The summed E-state index contributed by atoms with van der Waals surface area (Å²) in [5.41, 5.74) is 0.352. The number of hydrogen-bond acceptors (Lipinski definition) is 5. The Bertz CT molecular complexity index is 1060. The van der Waals surface area contributed by atoms with Crippen LogP contribution in [0.1, 0.15) is 21.2 Å². The number of rotatable bonds is 4. The van der Waals surface area contributed by atoms with Gasteiger partial charge in [0, 0.05) is 37.5 Å². The number of anilines is 1. The van der Waals surface area contributed by atoms with Gasteiger partial charge >= 0.3 is 6.18 Å². The third kappa shape index (κ3) is 3.62. The molecular formula is C19H21F3N6O. The summed E-state index contributed by atoms with van der Waals surface area (Å²) < 4.78 is 37.6. The highest BCUT2D eigenvalue weighted by molar-refractivity contribution is 5.92. The number of fused-ring (bicyclic) bond motifs is 1. The van der Waals surface area contributed by atoms with Crippen molar-refractivity contribution < 1.29 is 19.4 Å². The molecule has 1 aliphatic rings. The monoisotopic (exact) mass is 406 g/mol. The first-order valence-corrected chi connectivity index (χ1v) is 9.16. The minimum atomic E-state index is -4.46. The molecule has 3 aromatic heterocycles. The molecule has 1 atom stereocenters. The van der Waals surface area contributed by atoms with Crippen LogP contribution in [0.15, 0.2) is 36.8 Å². The third-order valence-corrected chi connectivity index (χ3v) is 5.19. The summed E-state index contributed by atoms with van der Waals surface area (Å²) in [7, 11) is 0. The summed E-state index contributed by atoms with van der Waals surface area (Å²) in [6, 6.07) is 5.37. The number of nitrogens with zero attached hydrogens (tertiary/aromatic N) is 4. The predicted octanol–water partition coefficient (Wildman–Crippen LogP) is 3.30. The van der Waals surface area contributed by atoms with Crippen molar-refractivity contribution in [1.29, 1.82) is 0 Å². The molecule has 1 amide bonds. The van der Waals surface area contributed by atoms with Gasteiger partial charge in [-0.2, -0.15) is 13.2 Å². The average molecular weight is 406 g/mol. The first kappa shape index (κ1) is 19.2. The topological polar surface area (TPSA) is 86.8 Å². The molecule has 0 bridgehead atoms. The predicted molar refractivity (Wildman–Crippen MR) is 103 cm³/mol. The van der Waals surface area contributed by atoms with Gasteiger partial charge in [0.2, 0.25) is 5.91 Å². The molecule has 0 saturated carbocycles. The number of hydrogen-bond donors (Lipinski definition) is 2. The highest BCUT2D eigenvalue weighted by Crippen LogP contribution is 2.34. The first-order valence-electron chi connectivity index (χ1n) is 9.16. The van der Waals surface area contributed by atoms with Crippen molar-refractivity contribution in [2.75, 3.05) is 18.0 Å². The zero-order chi connectivity index (χ0) is 20.6. The highest BCUT2D eigenvalue weighted by Gasteiger charge is 2.45. The second-order valence-electron chi connectivity index (χ2n) is 7.17. The van der Waals surface area contributed by atoms with Gasteiger partial charge in [0.1, 0.15) is 23.5 Å². The van der Waals surface area contributed by atoms with Gasteiger partial charge in [0.05, 0.1) is 0 Å². The number of aromatic amines is 1. The Morgan fingerprint density at radius 2 is 2.17 bits per heavy atom. The van der Waals surface area contributed by atoms with Crippen LogP contribution in [0.3, 0.4) is 0 Å². The lowest BCUT2D eigenvalue weighted by molar-refractivity contribution is -0.141. The van der Waals surface area contributed by atoms with Crippen molar-refractivity contribution in [3.8, 4) is 11.4 Å². The molecule has 3 aromatic rings. The van der Waals surface area contributed by atoms with Crippen LogP contribution in [0, 0.1) is 0 Å². The molecule has 4 rings (SSSR count). The third-order valence-electron chi connectivity index (χ3n) is 5.19. The largest absolute Gasteiger partial charge is 0.405 e. The summed E-state index contributed by atoms with van der Waals surface area (Å²) in [6.45, 7) is 0.803. The Morgan fingerprint density at radius 1 is 1.34 bits per heavy atom. The molecule has 1 fully saturated rings. The standard InChI is InChI=1S/C19H19F3N6O.H2/c1-18(17(29)26-11-19(20,21)22)6-3-9-28(18)14-5-8-24-16(27-14)13-10-25-15-12(13)4-2-7-23-15;/h2,4-5,7-8,10H,3,6,9,11H2,1H3,(H,23,25)(H,26,29);1H. The number of aromatic nitrogens is 4. The highest BCUT2D eigenvalue weighted by atomic mass is 19.4. The van der Waals surface area contributed by atoms with Crippen LogP contribution >= 0.6 is 0 Å². The number of amides is 1. The Hall–Kier alpha value is -3.17. The molecule has 0 radical (unpaired) electrons. The summed E-state index contributed by atoms with van der Waals surface area (Å²) in [4.78, 5) is 30.6.